The second-order valence-electron chi connectivity index (χ2n) is 11.1. The van der Waals surface area contributed by atoms with Crippen molar-refractivity contribution in [2.24, 2.45) is 40.4 Å². The lowest BCUT2D eigenvalue weighted by Gasteiger charge is -2.63. The van der Waals surface area contributed by atoms with Crippen molar-refractivity contribution in [3.8, 4) is 0 Å². The number of carboxylic acid groups (broad SMARTS) is 1. The molecule has 6 heteroatoms. The molecule has 0 aliphatic heterocycles. The summed E-state index contributed by atoms with van der Waals surface area (Å²) < 4.78 is 29.0. The Morgan fingerprint density at radius 3 is 2.41 bits per heavy atom. The molecule has 4 rings (SSSR count). The molecule has 3 N–H and O–H groups in total. The zero-order valence-electron chi connectivity index (χ0n) is 17.6. The number of hydrogen-bond acceptors (Lipinski definition) is 3. The zero-order chi connectivity index (χ0) is 21.2. The number of halogens is 2. The molecule has 0 aromatic rings. The molecule has 4 saturated carbocycles. The van der Waals surface area contributed by atoms with Crippen molar-refractivity contribution in [3.63, 3.8) is 0 Å². The van der Waals surface area contributed by atoms with Gasteiger partial charge in [-0.25, -0.2) is 8.78 Å². The van der Waals surface area contributed by atoms with Gasteiger partial charge in [-0.05, 0) is 91.8 Å². The Labute approximate surface area is 172 Å². The number of fused-ring (bicyclic) bond motifs is 5. The molecule has 0 aromatic carbocycles. The molecular formula is C23H36F2O4. The summed E-state index contributed by atoms with van der Waals surface area (Å²) in [5, 5.41) is 30.0. The molecule has 29 heavy (non-hydrogen) atoms. The molecule has 0 amide bonds. The van der Waals surface area contributed by atoms with E-state index in [9.17, 15) is 23.8 Å². The quantitative estimate of drug-likeness (QED) is 0.634. The maximum absolute atomic E-state index is 14.5. The predicted molar refractivity (Wildman–Crippen MR) is 104 cm³/mol. The van der Waals surface area contributed by atoms with Gasteiger partial charge in [0.1, 0.15) is 6.10 Å². The number of alkyl halides is 2. The molecule has 0 heterocycles. The van der Waals surface area contributed by atoms with E-state index in [4.69, 9.17) is 5.11 Å². The third-order valence-corrected chi connectivity index (χ3v) is 9.83. The second kappa shape index (κ2) is 7.15. The number of aliphatic hydroxyl groups excluding tert-OH is 2. The van der Waals surface area contributed by atoms with Crippen LogP contribution in [0.4, 0.5) is 8.78 Å². The van der Waals surface area contributed by atoms with Crippen LogP contribution in [0.15, 0.2) is 0 Å². The van der Waals surface area contributed by atoms with Crippen LogP contribution in [0.2, 0.25) is 0 Å². The Balaban J connectivity index is 1.56. The van der Waals surface area contributed by atoms with Gasteiger partial charge in [-0.15, -0.1) is 0 Å². The summed E-state index contributed by atoms with van der Waals surface area (Å²) in [5.41, 5.74) is -0.462. The average molecular weight is 415 g/mol. The van der Waals surface area contributed by atoms with Gasteiger partial charge in [-0.3, -0.25) is 4.79 Å². The van der Waals surface area contributed by atoms with E-state index < -0.39 is 29.5 Å². The smallest absolute Gasteiger partial charge is 0.303 e. The van der Waals surface area contributed by atoms with Crippen molar-refractivity contribution in [1.29, 1.82) is 0 Å². The third-order valence-electron chi connectivity index (χ3n) is 9.83. The maximum Gasteiger partial charge on any atom is 0.303 e. The Kier molecular flexibility index (Phi) is 5.30. The summed E-state index contributed by atoms with van der Waals surface area (Å²) in [6, 6.07) is 0. The minimum Gasteiger partial charge on any atom is -0.481 e. The van der Waals surface area contributed by atoms with Crippen molar-refractivity contribution in [1.82, 2.24) is 0 Å². The van der Waals surface area contributed by atoms with Gasteiger partial charge in [0, 0.05) is 12.8 Å². The molecule has 4 nitrogen and oxygen atoms in total. The van der Waals surface area contributed by atoms with Crippen LogP contribution in [-0.4, -0.2) is 39.4 Å². The molecule has 4 aliphatic carbocycles. The van der Waals surface area contributed by atoms with Gasteiger partial charge >= 0.3 is 5.97 Å². The molecule has 0 aromatic heterocycles. The summed E-state index contributed by atoms with van der Waals surface area (Å²) >= 11 is 0. The van der Waals surface area contributed by atoms with Crippen LogP contribution >= 0.6 is 0 Å². The Morgan fingerprint density at radius 2 is 1.72 bits per heavy atom. The minimum absolute atomic E-state index is 0.0468. The third kappa shape index (κ3) is 3.33. The Bertz CT molecular complexity index is 655. The monoisotopic (exact) mass is 414 g/mol. The van der Waals surface area contributed by atoms with Crippen LogP contribution in [-0.2, 0) is 4.79 Å². The molecular weight excluding hydrogens is 378 g/mol. The molecule has 166 valence electrons. The van der Waals surface area contributed by atoms with Crippen molar-refractivity contribution in [3.05, 3.63) is 0 Å². The standard InChI is InChI=1S/C23H36F2O4/c1-21-9-8-16-20(15(21)7-6-13(21)4-3-5-19(28)29)17(26)10-14-11-18(27)23(24,25)12-22(14,16)2/h13-18,20,26-27H,3-12H2,1-2H3,(H,28,29). The Hall–Kier alpha value is -0.750. The number of carboxylic acids is 1. The molecule has 4 fully saturated rings. The molecule has 0 saturated heterocycles. The van der Waals surface area contributed by atoms with Crippen LogP contribution in [0, 0.1) is 40.4 Å². The van der Waals surface area contributed by atoms with E-state index >= 15 is 0 Å². The van der Waals surface area contributed by atoms with Gasteiger partial charge in [0.25, 0.3) is 5.92 Å². The fraction of sp³-hybridized carbons (Fsp3) is 0.957. The van der Waals surface area contributed by atoms with Crippen molar-refractivity contribution < 1.29 is 28.9 Å². The van der Waals surface area contributed by atoms with Crippen LogP contribution < -0.4 is 0 Å². The fourth-order valence-corrected chi connectivity index (χ4v) is 8.31. The van der Waals surface area contributed by atoms with Gasteiger partial charge in [-0.1, -0.05) is 13.8 Å². The topological polar surface area (TPSA) is 77.8 Å². The lowest BCUT2D eigenvalue weighted by molar-refractivity contribution is -0.235. The molecule has 9 unspecified atom stereocenters. The van der Waals surface area contributed by atoms with E-state index in [2.05, 4.69) is 6.92 Å². The van der Waals surface area contributed by atoms with Gasteiger partial charge in [0.05, 0.1) is 6.10 Å². The first kappa shape index (κ1) is 21.5. The van der Waals surface area contributed by atoms with E-state index in [0.717, 1.165) is 32.1 Å². The van der Waals surface area contributed by atoms with Crippen LogP contribution in [0.25, 0.3) is 0 Å². The number of aliphatic hydroxyl groups is 2. The van der Waals surface area contributed by atoms with Crippen molar-refractivity contribution >= 4 is 5.97 Å². The van der Waals surface area contributed by atoms with Gasteiger partial charge in [-0.2, -0.15) is 0 Å². The van der Waals surface area contributed by atoms with Crippen LogP contribution in [0.3, 0.4) is 0 Å². The van der Waals surface area contributed by atoms with Crippen molar-refractivity contribution in [2.75, 3.05) is 0 Å². The lowest BCUT2D eigenvalue weighted by atomic mass is 9.43. The second-order valence-corrected chi connectivity index (χ2v) is 11.1. The summed E-state index contributed by atoms with van der Waals surface area (Å²) in [6.45, 7) is 4.29. The maximum atomic E-state index is 14.5. The van der Waals surface area contributed by atoms with Crippen LogP contribution in [0.1, 0.15) is 78.1 Å². The number of rotatable bonds is 4. The largest absolute Gasteiger partial charge is 0.481 e. The molecule has 9 atom stereocenters. The number of carbonyl (C=O) groups is 1. The molecule has 0 spiro atoms. The minimum atomic E-state index is -3.05. The van der Waals surface area contributed by atoms with Gasteiger partial charge < -0.3 is 15.3 Å². The van der Waals surface area contributed by atoms with E-state index in [0.29, 0.717) is 24.7 Å². The van der Waals surface area contributed by atoms with Crippen molar-refractivity contribution in [2.45, 2.75) is 96.2 Å². The molecule has 4 aliphatic rings. The SMILES string of the molecule is CC12CCC3C(C(O)CC4CC(O)C(F)(F)CC43C)C1CCC2CCCC(=O)O. The average Bonchev–Trinajstić information content (AvgIpc) is 2.94. The van der Waals surface area contributed by atoms with E-state index in [1.54, 1.807) is 0 Å². The van der Waals surface area contributed by atoms with E-state index in [-0.39, 0.29) is 42.4 Å². The predicted octanol–water partition coefficient (Wildman–Crippen LogP) is 4.48. The summed E-state index contributed by atoms with van der Waals surface area (Å²) in [6.07, 6.45) is 3.90. The molecule has 0 radical (unpaired) electrons. The molecule has 0 bridgehead atoms. The summed E-state index contributed by atoms with van der Waals surface area (Å²) in [7, 11) is 0. The highest BCUT2D eigenvalue weighted by atomic mass is 19.3. The summed E-state index contributed by atoms with van der Waals surface area (Å²) in [5.74, 6) is -2.95. The van der Waals surface area contributed by atoms with E-state index in [1.807, 2.05) is 6.92 Å². The van der Waals surface area contributed by atoms with Gasteiger partial charge in [0.15, 0.2) is 0 Å². The summed E-state index contributed by atoms with van der Waals surface area (Å²) in [4.78, 5) is 10.9. The Morgan fingerprint density at radius 1 is 1.03 bits per heavy atom. The highest BCUT2D eigenvalue weighted by molar-refractivity contribution is 5.66. The number of aliphatic carboxylic acids is 1. The first-order valence-electron chi connectivity index (χ1n) is 11.4. The highest BCUT2D eigenvalue weighted by Crippen LogP contribution is 2.68. The number of hydrogen-bond donors (Lipinski definition) is 3. The van der Waals surface area contributed by atoms with Gasteiger partial charge in [0.2, 0.25) is 0 Å². The first-order chi connectivity index (χ1) is 13.5. The first-order valence-corrected chi connectivity index (χ1v) is 11.4. The highest BCUT2D eigenvalue weighted by Gasteiger charge is 2.65. The van der Waals surface area contributed by atoms with E-state index in [1.165, 1.54) is 0 Å². The zero-order valence-corrected chi connectivity index (χ0v) is 17.6. The lowest BCUT2D eigenvalue weighted by Crippen LogP contribution is -2.61. The fourth-order valence-electron chi connectivity index (χ4n) is 8.31. The van der Waals surface area contributed by atoms with Crippen LogP contribution in [0.5, 0.6) is 0 Å². The normalized spacial score (nSPS) is 51.0.